The number of aromatic nitrogens is 1. The fourth-order valence-electron chi connectivity index (χ4n) is 9.48. The largest absolute Gasteiger partial charge is 0.371 e. The van der Waals surface area contributed by atoms with E-state index in [1.54, 1.807) is 60.8 Å². The monoisotopic (exact) mass is 1120 g/mol. The Morgan fingerprint density at radius 3 is 2.01 bits per heavy atom. The highest BCUT2D eigenvalue weighted by atomic mass is 16.5. The molecule has 24 heteroatoms. The van der Waals surface area contributed by atoms with E-state index in [1.807, 2.05) is 30.3 Å². The van der Waals surface area contributed by atoms with Crippen molar-refractivity contribution in [1.29, 1.82) is 0 Å². The van der Waals surface area contributed by atoms with Crippen molar-refractivity contribution in [2.75, 3.05) is 19.6 Å². The molecule has 24 nitrogen and oxygen atoms in total. The Balaban J connectivity index is 1.57. The third-order valence-corrected chi connectivity index (χ3v) is 13.8. The van der Waals surface area contributed by atoms with Gasteiger partial charge in [-0.15, -0.1) is 0 Å². The Labute approximate surface area is 470 Å². The average Bonchev–Trinajstić information content (AvgIpc) is 4.07. The van der Waals surface area contributed by atoms with E-state index in [1.165, 1.54) is 13.8 Å². The van der Waals surface area contributed by atoms with Crippen molar-refractivity contribution in [2.24, 2.45) is 50.5 Å². The number of hydrogen-bond donors (Lipinski definition) is 12. The Morgan fingerprint density at radius 2 is 1.35 bits per heavy atom. The van der Waals surface area contributed by atoms with Crippen molar-refractivity contribution >= 4 is 75.7 Å². The molecule has 8 atom stereocenters. The predicted octanol–water partition coefficient (Wildman–Crippen LogP) is 0.436. The molecule has 0 radical (unpaired) electrons. The number of para-hydroxylation sites is 1. The SMILES string of the molecule is CC(=O)N[C@@H](CCCN=C(N)N)C(=O)N[C@H]1CC(=O)NCCCC[C@@H](C(N)=O)NC(=O)[C@H](Cc2c[nH]c3ccccc23)CC(=O)[C@H](CCCN=C(N)N)CC(=O)[C@@H](Cc2ccccc2)NC(=O)[C@@H]([C@@H](C)OCc2ccccc2)NC1=O. The molecule has 0 saturated carbocycles. The molecule has 436 valence electrons. The fourth-order valence-corrected chi connectivity index (χ4v) is 9.48. The summed E-state index contributed by atoms with van der Waals surface area (Å²) in [5, 5.41) is 17.0. The molecule has 17 N–H and O–H groups in total. The Morgan fingerprint density at radius 1 is 0.704 bits per heavy atom. The molecule has 0 aliphatic carbocycles. The molecule has 1 saturated heterocycles. The number of carbonyl (C=O) groups excluding carboxylic acids is 9. The van der Waals surface area contributed by atoms with Gasteiger partial charge in [-0.1, -0.05) is 78.9 Å². The van der Waals surface area contributed by atoms with Gasteiger partial charge >= 0.3 is 0 Å². The lowest BCUT2D eigenvalue weighted by Gasteiger charge is -2.29. The van der Waals surface area contributed by atoms with E-state index in [4.69, 9.17) is 33.4 Å². The second kappa shape index (κ2) is 32.4. The first-order valence-corrected chi connectivity index (χ1v) is 27.2. The molecule has 0 unspecified atom stereocenters. The number of fused-ring (bicyclic) bond motifs is 1. The number of aliphatic imine (C=N–C) groups is 2. The van der Waals surface area contributed by atoms with Crippen LogP contribution in [0.4, 0.5) is 0 Å². The van der Waals surface area contributed by atoms with Crippen molar-refractivity contribution in [3.8, 4) is 0 Å². The molecule has 7 amide bonds. The third-order valence-electron chi connectivity index (χ3n) is 13.8. The molecule has 5 rings (SSSR count). The van der Waals surface area contributed by atoms with Gasteiger partial charge in [0.2, 0.25) is 41.4 Å². The molecule has 1 aliphatic rings. The van der Waals surface area contributed by atoms with Crippen LogP contribution in [0.15, 0.2) is 101 Å². The van der Waals surface area contributed by atoms with Crippen LogP contribution in [0, 0.1) is 11.8 Å². The van der Waals surface area contributed by atoms with E-state index in [9.17, 15) is 38.4 Å². The second-order valence-corrected chi connectivity index (χ2v) is 20.3. The predicted molar refractivity (Wildman–Crippen MR) is 305 cm³/mol. The highest BCUT2D eigenvalue weighted by Gasteiger charge is 2.37. The number of carbonyl (C=O) groups is 9. The highest BCUT2D eigenvalue weighted by Crippen LogP contribution is 2.26. The summed E-state index contributed by atoms with van der Waals surface area (Å²) >= 11 is 0. The van der Waals surface area contributed by atoms with Crippen LogP contribution in [0.3, 0.4) is 0 Å². The maximum absolute atomic E-state index is 15.0. The van der Waals surface area contributed by atoms with Gasteiger partial charge in [-0.25, -0.2) is 0 Å². The molecule has 1 fully saturated rings. The lowest BCUT2D eigenvalue weighted by molar-refractivity contribution is -0.138. The number of benzene rings is 3. The number of hydrogen-bond acceptors (Lipinski definition) is 12. The fraction of sp³-hybridized carbons (Fsp3) is 0.456. The molecule has 0 spiro atoms. The number of aromatic amines is 1. The summed E-state index contributed by atoms with van der Waals surface area (Å²) in [4.78, 5) is 138. The van der Waals surface area contributed by atoms with E-state index in [0.717, 1.165) is 22.0 Å². The maximum Gasteiger partial charge on any atom is 0.245 e. The highest BCUT2D eigenvalue weighted by molar-refractivity contribution is 5.99. The van der Waals surface area contributed by atoms with Crippen LogP contribution in [-0.2, 0) is 67.3 Å². The minimum Gasteiger partial charge on any atom is -0.371 e. The number of ketones is 2. The van der Waals surface area contributed by atoms with Crippen LogP contribution in [0.2, 0.25) is 0 Å². The van der Waals surface area contributed by atoms with Gasteiger partial charge < -0.3 is 70.3 Å². The molecule has 3 aromatic carbocycles. The lowest BCUT2D eigenvalue weighted by atomic mass is 9.83. The summed E-state index contributed by atoms with van der Waals surface area (Å²) in [7, 11) is 0. The summed E-state index contributed by atoms with van der Waals surface area (Å²) in [6.45, 7) is 2.97. The molecule has 1 aromatic heterocycles. The zero-order valence-electron chi connectivity index (χ0n) is 46.0. The smallest absolute Gasteiger partial charge is 0.245 e. The van der Waals surface area contributed by atoms with Crippen molar-refractivity contribution in [3.05, 3.63) is 108 Å². The van der Waals surface area contributed by atoms with E-state index in [0.29, 0.717) is 5.56 Å². The van der Waals surface area contributed by atoms with Crippen LogP contribution in [0.25, 0.3) is 10.9 Å². The van der Waals surface area contributed by atoms with Crippen LogP contribution >= 0.6 is 0 Å². The number of nitrogens with one attached hydrogen (secondary N) is 7. The number of primary amides is 1. The summed E-state index contributed by atoms with van der Waals surface area (Å²) in [6, 6.07) is 18.3. The van der Waals surface area contributed by atoms with Crippen LogP contribution in [0.5, 0.6) is 0 Å². The molecule has 2 heterocycles. The molecule has 0 bridgehead atoms. The number of H-pyrrole nitrogens is 1. The number of Topliss-reactive ketones (excluding diaryl/α,β-unsaturated/α-hetero) is 2. The Hall–Kier alpha value is -8.67. The number of ether oxygens (including phenoxy) is 1. The number of nitrogens with zero attached hydrogens (tertiary/aromatic N) is 2. The van der Waals surface area contributed by atoms with E-state index in [-0.39, 0.29) is 102 Å². The second-order valence-electron chi connectivity index (χ2n) is 20.3. The van der Waals surface area contributed by atoms with E-state index < -0.39 is 114 Å². The van der Waals surface area contributed by atoms with E-state index >= 15 is 4.79 Å². The number of amides is 7. The van der Waals surface area contributed by atoms with Gasteiger partial charge in [-0.05, 0) is 87.5 Å². The lowest BCUT2D eigenvalue weighted by Crippen LogP contribution is -2.61. The van der Waals surface area contributed by atoms with Gasteiger partial charge in [-0.3, -0.25) is 53.1 Å². The summed E-state index contributed by atoms with van der Waals surface area (Å²) in [6.07, 6.45) is 0.390. The Kier molecular flexibility index (Phi) is 25.3. The van der Waals surface area contributed by atoms with Crippen LogP contribution in [0.1, 0.15) is 94.7 Å². The van der Waals surface area contributed by atoms with Gasteiger partial charge in [0.05, 0.1) is 25.2 Å². The molecule has 1 aliphatic heterocycles. The van der Waals surface area contributed by atoms with Crippen molar-refractivity contribution in [1.82, 2.24) is 36.9 Å². The van der Waals surface area contributed by atoms with Crippen molar-refractivity contribution in [3.63, 3.8) is 0 Å². The molecule has 4 aromatic rings. The minimum atomic E-state index is -1.66. The molecular formula is C57H78N14O10. The normalized spacial score (nSPS) is 21.0. The van der Waals surface area contributed by atoms with Crippen molar-refractivity contribution < 1.29 is 47.9 Å². The maximum atomic E-state index is 15.0. The van der Waals surface area contributed by atoms with Gasteiger partial charge in [0.25, 0.3) is 0 Å². The first-order chi connectivity index (χ1) is 38.8. The standard InChI is InChI=1S/C57H78N14O10/c1-34(81-33-37-17-7-4-8-18-37)50-55(80)69-45(27-36-15-5-3-6-16-36)48(74)29-38(19-13-25-64-56(59)60)47(73)30-39(28-40-32-66-42-21-10-9-20-41(40)42)52(77)68-43(51(58)76)22-11-12-24-63-49(75)31-46(54(79)71-50)70-53(78)44(67-35(2)72)23-14-26-65-57(61)62/h3-10,15-18,20-21,32,34,38-39,43-46,50,66H,11-14,19,22-31,33H2,1-2H3,(H2,58,76)(H,63,75)(H,67,72)(H,68,77)(H,69,80)(H,70,78)(H,71,79)(H4,59,60,64)(H4,61,62,65)/t34-,38-,39-,43+,44+,45-,46+,50-/m1/s1. The van der Waals surface area contributed by atoms with Gasteiger partial charge in [0, 0.05) is 68.3 Å². The minimum absolute atomic E-state index is 0.0159. The summed E-state index contributed by atoms with van der Waals surface area (Å²) < 4.78 is 6.22. The zero-order chi connectivity index (χ0) is 58.8. The zero-order valence-corrected chi connectivity index (χ0v) is 46.0. The third kappa shape index (κ3) is 21.5. The van der Waals surface area contributed by atoms with Gasteiger partial charge in [0.15, 0.2) is 17.7 Å². The first-order valence-electron chi connectivity index (χ1n) is 27.2. The molecule has 81 heavy (non-hydrogen) atoms. The Bertz CT molecular complexity index is 2840. The summed E-state index contributed by atoms with van der Waals surface area (Å²) in [5.41, 5.74) is 31.0. The average molecular weight is 1120 g/mol. The number of guanidine groups is 2. The number of nitrogens with two attached hydrogens (primary N) is 5. The summed E-state index contributed by atoms with van der Waals surface area (Å²) in [5.74, 6) is -8.88. The van der Waals surface area contributed by atoms with Crippen LogP contribution in [-0.4, -0.2) is 126 Å². The van der Waals surface area contributed by atoms with E-state index in [2.05, 4.69) is 46.9 Å². The van der Waals surface area contributed by atoms with Gasteiger partial charge in [0.1, 0.15) is 30.0 Å². The van der Waals surface area contributed by atoms with Gasteiger partial charge in [-0.2, -0.15) is 0 Å². The van der Waals surface area contributed by atoms with Crippen LogP contribution < -0.4 is 60.6 Å². The number of rotatable bonds is 20. The first kappa shape index (κ1) is 63.2. The topological polar surface area (TPSA) is 406 Å². The van der Waals surface area contributed by atoms with Crippen molar-refractivity contribution in [2.45, 2.75) is 134 Å². The molecular weight excluding hydrogens is 1040 g/mol. The quantitative estimate of drug-likeness (QED) is 0.0325.